The van der Waals surface area contributed by atoms with Gasteiger partial charge in [-0.25, -0.2) is 0 Å². The molecule has 1 amide bonds. The minimum atomic E-state index is -0.229. The fourth-order valence-electron chi connectivity index (χ4n) is 2.13. The van der Waals surface area contributed by atoms with Crippen LogP contribution in [-0.4, -0.2) is 36.7 Å². The van der Waals surface area contributed by atoms with Gasteiger partial charge in [0.05, 0.1) is 6.04 Å². The average Bonchev–Trinajstić information content (AvgIpc) is 2.88. The van der Waals surface area contributed by atoms with E-state index in [0.717, 1.165) is 24.7 Å². The Kier molecular flexibility index (Phi) is 5.52. The number of aldehydes is 1. The number of nitrogens with zero attached hydrogens (tertiary/aromatic N) is 1. The third-order valence-electron chi connectivity index (χ3n) is 2.98. The monoisotopic (exact) mass is 248 g/mol. The smallest absolute Gasteiger partial charge is 0.254 e. The van der Waals surface area contributed by atoms with Crippen molar-refractivity contribution in [2.45, 2.75) is 25.8 Å². The van der Waals surface area contributed by atoms with Gasteiger partial charge in [0.1, 0.15) is 6.29 Å². The molecular formula is C14H20N2O2. The van der Waals surface area contributed by atoms with Crippen molar-refractivity contribution in [1.29, 1.82) is 0 Å². The largest absolute Gasteiger partial charge is 0.333 e. The molecule has 1 unspecified atom stereocenters. The van der Waals surface area contributed by atoms with Crippen LogP contribution in [0.1, 0.15) is 28.8 Å². The minimum Gasteiger partial charge on any atom is -0.333 e. The first-order valence-corrected chi connectivity index (χ1v) is 6.13. The van der Waals surface area contributed by atoms with Crippen LogP contribution in [0.4, 0.5) is 0 Å². The molecule has 4 heteroatoms. The number of nitrogens with two attached hydrogens (primary N) is 1. The number of hydrogen-bond donors (Lipinski definition) is 1. The molecule has 98 valence electrons. The molecule has 1 atom stereocenters. The molecule has 0 aliphatic carbocycles. The van der Waals surface area contributed by atoms with Crippen LogP contribution < -0.4 is 5.73 Å². The van der Waals surface area contributed by atoms with Gasteiger partial charge in [0.2, 0.25) is 0 Å². The van der Waals surface area contributed by atoms with Crippen molar-refractivity contribution in [2.24, 2.45) is 5.73 Å². The van der Waals surface area contributed by atoms with Crippen LogP contribution in [-0.2, 0) is 4.79 Å². The molecule has 18 heavy (non-hydrogen) atoms. The number of amides is 1. The second-order valence-electron chi connectivity index (χ2n) is 4.21. The van der Waals surface area contributed by atoms with E-state index in [1.54, 1.807) is 11.0 Å². The molecule has 0 bridgehead atoms. The predicted octanol–water partition coefficient (Wildman–Crippen LogP) is 1.37. The summed E-state index contributed by atoms with van der Waals surface area (Å²) in [5.41, 5.74) is 6.24. The second-order valence-corrected chi connectivity index (χ2v) is 4.21. The minimum absolute atomic E-state index is 0.0294. The standard InChI is InChI=1S/C13H15NO2.CH5N/c1-10-4-2-5-11(8-10)13(16)14-7-3-6-12(14)9-15;1-2/h2,4-5,8-9,12H,3,6-7H2,1H3;2H2,1H3. The number of benzene rings is 1. The summed E-state index contributed by atoms with van der Waals surface area (Å²) in [6, 6.07) is 7.26. The molecule has 1 aliphatic heterocycles. The molecule has 4 nitrogen and oxygen atoms in total. The highest BCUT2D eigenvalue weighted by Gasteiger charge is 2.28. The maximum absolute atomic E-state index is 12.1. The lowest BCUT2D eigenvalue weighted by molar-refractivity contribution is -0.111. The fourth-order valence-corrected chi connectivity index (χ4v) is 2.13. The summed E-state index contributed by atoms with van der Waals surface area (Å²) in [6.45, 7) is 2.65. The maximum atomic E-state index is 12.1. The van der Waals surface area contributed by atoms with E-state index in [1.807, 2.05) is 25.1 Å². The van der Waals surface area contributed by atoms with Crippen LogP contribution in [0.2, 0.25) is 0 Å². The Morgan fingerprint density at radius 1 is 1.44 bits per heavy atom. The van der Waals surface area contributed by atoms with Gasteiger partial charge >= 0.3 is 0 Å². The Hall–Kier alpha value is -1.68. The van der Waals surface area contributed by atoms with Gasteiger partial charge in [-0.3, -0.25) is 4.79 Å². The summed E-state index contributed by atoms with van der Waals surface area (Å²) in [4.78, 5) is 24.6. The number of aryl methyl sites for hydroxylation is 1. The fraction of sp³-hybridized carbons (Fsp3) is 0.429. The first-order valence-electron chi connectivity index (χ1n) is 6.13. The molecule has 0 spiro atoms. The number of likely N-dealkylation sites (tertiary alicyclic amines) is 1. The van der Waals surface area contributed by atoms with E-state index in [1.165, 1.54) is 7.05 Å². The second kappa shape index (κ2) is 6.91. The zero-order chi connectivity index (χ0) is 13.5. The lowest BCUT2D eigenvalue weighted by Crippen LogP contribution is -2.36. The van der Waals surface area contributed by atoms with E-state index in [0.29, 0.717) is 12.1 Å². The molecule has 0 saturated carbocycles. The van der Waals surface area contributed by atoms with E-state index in [2.05, 4.69) is 5.73 Å². The molecule has 1 saturated heterocycles. The van der Waals surface area contributed by atoms with Crippen molar-refractivity contribution in [3.8, 4) is 0 Å². The highest BCUT2D eigenvalue weighted by Crippen LogP contribution is 2.18. The van der Waals surface area contributed by atoms with Gasteiger partial charge in [-0.1, -0.05) is 17.7 Å². The van der Waals surface area contributed by atoms with E-state index in [9.17, 15) is 9.59 Å². The molecule has 1 fully saturated rings. The summed E-state index contributed by atoms with van der Waals surface area (Å²) >= 11 is 0. The van der Waals surface area contributed by atoms with E-state index >= 15 is 0 Å². The van der Waals surface area contributed by atoms with Crippen LogP contribution in [0.15, 0.2) is 24.3 Å². The molecule has 1 aromatic rings. The number of hydrogen-bond acceptors (Lipinski definition) is 3. The van der Waals surface area contributed by atoms with Crippen molar-refractivity contribution in [2.75, 3.05) is 13.6 Å². The summed E-state index contributed by atoms with van der Waals surface area (Å²) < 4.78 is 0. The highest BCUT2D eigenvalue weighted by molar-refractivity contribution is 5.96. The lowest BCUT2D eigenvalue weighted by atomic mass is 10.1. The molecule has 1 heterocycles. The molecule has 2 N–H and O–H groups in total. The predicted molar refractivity (Wildman–Crippen MR) is 71.4 cm³/mol. The molecule has 1 aliphatic rings. The molecule has 0 aromatic heterocycles. The number of carbonyl (C=O) groups excluding carboxylic acids is 2. The summed E-state index contributed by atoms with van der Waals surface area (Å²) in [5, 5.41) is 0. The summed E-state index contributed by atoms with van der Waals surface area (Å²) in [6.07, 6.45) is 2.59. The van der Waals surface area contributed by atoms with Crippen molar-refractivity contribution in [3.63, 3.8) is 0 Å². The lowest BCUT2D eigenvalue weighted by Gasteiger charge is -2.20. The Bertz CT molecular complexity index is 418. The van der Waals surface area contributed by atoms with Crippen LogP contribution in [0.3, 0.4) is 0 Å². The quantitative estimate of drug-likeness (QED) is 0.804. The van der Waals surface area contributed by atoms with Gasteiger partial charge in [-0.05, 0) is 38.9 Å². The number of rotatable bonds is 2. The first kappa shape index (κ1) is 14.4. The Labute approximate surface area is 108 Å². The SMILES string of the molecule is CN.Cc1cccc(C(=O)N2CCCC2C=O)c1. The van der Waals surface area contributed by atoms with Crippen LogP contribution in [0.5, 0.6) is 0 Å². The van der Waals surface area contributed by atoms with Crippen LogP contribution >= 0.6 is 0 Å². The van der Waals surface area contributed by atoms with Gasteiger partial charge in [0.15, 0.2) is 0 Å². The Balaban J connectivity index is 0.000000771. The molecule has 1 aromatic carbocycles. The van der Waals surface area contributed by atoms with Gasteiger partial charge in [-0.15, -0.1) is 0 Å². The van der Waals surface area contributed by atoms with Crippen molar-refractivity contribution in [3.05, 3.63) is 35.4 Å². The third kappa shape index (κ3) is 3.17. The van der Waals surface area contributed by atoms with E-state index in [-0.39, 0.29) is 11.9 Å². The van der Waals surface area contributed by atoms with Gasteiger partial charge < -0.3 is 15.4 Å². The maximum Gasteiger partial charge on any atom is 0.254 e. The zero-order valence-electron chi connectivity index (χ0n) is 10.9. The van der Waals surface area contributed by atoms with E-state index in [4.69, 9.17) is 0 Å². The number of carbonyl (C=O) groups is 2. The van der Waals surface area contributed by atoms with E-state index < -0.39 is 0 Å². The summed E-state index contributed by atoms with van der Waals surface area (Å²) in [7, 11) is 1.50. The Morgan fingerprint density at radius 3 is 2.78 bits per heavy atom. The summed E-state index contributed by atoms with van der Waals surface area (Å²) in [5.74, 6) is -0.0294. The van der Waals surface area contributed by atoms with Crippen molar-refractivity contribution in [1.82, 2.24) is 4.90 Å². The Morgan fingerprint density at radius 2 is 2.17 bits per heavy atom. The topological polar surface area (TPSA) is 63.4 Å². The highest BCUT2D eigenvalue weighted by atomic mass is 16.2. The molecule has 2 rings (SSSR count). The normalized spacial score (nSPS) is 17.9. The van der Waals surface area contributed by atoms with Gasteiger partial charge in [0.25, 0.3) is 5.91 Å². The van der Waals surface area contributed by atoms with Gasteiger partial charge in [0, 0.05) is 12.1 Å². The molecular weight excluding hydrogens is 228 g/mol. The van der Waals surface area contributed by atoms with Crippen molar-refractivity contribution < 1.29 is 9.59 Å². The van der Waals surface area contributed by atoms with Crippen LogP contribution in [0, 0.1) is 6.92 Å². The van der Waals surface area contributed by atoms with Crippen molar-refractivity contribution >= 4 is 12.2 Å². The average molecular weight is 248 g/mol. The zero-order valence-corrected chi connectivity index (χ0v) is 10.9. The van der Waals surface area contributed by atoms with Crippen LogP contribution in [0.25, 0.3) is 0 Å². The molecule has 0 radical (unpaired) electrons. The first-order chi connectivity index (χ1) is 8.72. The third-order valence-corrected chi connectivity index (χ3v) is 2.98. The van der Waals surface area contributed by atoms with Gasteiger partial charge in [-0.2, -0.15) is 0 Å².